The molecule has 2 heterocycles. The van der Waals surface area contributed by atoms with Gasteiger partial charge < -0.3 is 5.73 Å². The van der Waals surface area contributed by atoms with Crippen LogP contribution in [0.2, 0.25) is 0 Å². The Morgan fingerprint density at radius 1 is 1.47 bits per heavy atom. The molecule has 0 aliphatic heterocycles. The zero-order chi connectivity index (χ0) is 14.0. The molecular formula is C9H11BrN6O2S. The quantitative estimate of drug-likeness (QED) is 0.806. The van der Waals surface area contributed by atoms with E-state index in [0.717, 1.165) is 0 Å². The molecule has 2 rings (SSSR count). The molecule has 0 spiro atoms. The van der Waals surface area contributed by atoms with Crippen molar-refractivity contribution >= 4 is 31.8 Å². The summed E-state index contributed by atoms with van der Waals surface area (Å²) >= 11 is 3.15. The minimum atomic E-state index is -3.76. The third-order valence-corrected chi connectivity index (χ3v) is 4.07. The molecular weight excluding hydrogens is 336 g/mol. The van der Waals surface area contributed by atoms with Crippen molar-refractivity contribution in [2.45, 2.75) is 11.4 Å². The van der Waals surface area contributed by atoms with Gasteiger partial charge in [-0.05, 0) is 22.0 Å². The van der Waals surface area contributed by atoms with E-state index in [4.69, 9.17) is 5.73 Å². The van der Waals surface area contributed by atoms with Crippen molar-refractivity contribution in [2.75, 3.05) is 5.73 Å². The molecule has 0 atom stereocenters. The lowest BCUT2D eigenvalue weighted by Gasteiger charge is -2.07. The second kappa shape index (κ2) is 5.23. The predicted octanol–water partition coefficient (Wildman–Crippen LogP) is 0.0333. The first-order chi connectivity index (χ1) is 8.88. The van der Waals surface area contributed by atoms with Crippen LogP contribution in [0.25, 0.3) is 0 Å². The van der Waals surface area contributed by atoms with Crippen molar-refractivity contribution in [1.29, 1.82) is 0 Å². The molecule has 2 aromatic rings. The van der Waals surface area contributed by atoms with Gasteiger partial charge in [0, 0.05) is 17.7 Å². The van der Waals surface area contributed by atoms with E-state index in [1.54, 1.807) is 7.05 Å². The number of nitrogens with one attached hydrogen (secondary N) is 1. The number of nitrogen functional groups attached to an aromatic ring is 1. The number of rotatable bonds is 4. The summed E-state index contributed by atoms with van der Waals surface area (Å²) in [7, 11) is -2.06. The number of nitrogens with zero attached hydrogens (tertiary/aromatic N) is 4. The smallest absolute Gasteiger partial charge is 0.244 e. The number of pyridine rings is 1. The van der Waals surface area contributed by atoms with Crippen molar-refractivity contribution in [2.24, 2.45) is 7.05 Å². The molecule has 19 heavy (non-hydrogen) atoms. The van der Waals surface area contributed by atoms with Gasteiger partial charge in [0.1, 0.15) is 17.0 Å². The second-order valence-electron chi connectivity index (χ2n) is 3.70. The Morgan fingerprint density at radius 3 is 2.84 bits per heavy atom. The summed E-state index contributed by atoms with van der Waals surface area (Å²) in [5, 5.41) is 3.97. The van der Waals surface area contributed by atoms with Crippen molar-refractivity contribution in [3.8, 4) is 0 Å². The van der Waals surface area contributed by atoms with Crippen LogP contribution < -0.4 is 10.5 Å². The average molecular weight is 347 g/mol. The van der Waals surface area contributed by atoms with Gasteiger partial charge in [-0.25, -0.2) is 23.1 Å². The Morgan fingerprint density at radius 2 is 2.21 bits per heavy atom. The van der Waals surface area contributed by atoms with E-state index < -0.39 is 10.0 Å². The lowest BCUT2D eigenvalue weighted by molar-refractivity contribution is 0.578. The van der Waals surface area contributed by atoms with E-state index in [1.807, 2.05) is 0 Å². The van der Waals surface area contributed by atoms with Crippen molar-refractivity contribution in [1.82, 2.24) is 24.5 Å². The molecule has 8 nitrogen and oxygen atoms in total. The number of sulfonamides is 1. The maximum Gasteiger partial charge on any atom is 0.244 e. The molecule has 0 aliphatic carbocycles. The van der Waals surface area contributed by atoms with Gasteiger partial charge in [0.15, 0.2) is 5.82 Å². The number of aromatic nitrogens is 4. The molecule has 102 valence electrons. The van der Waals surface area contributed by atoms with E-state index >= 15 is 0 Å². The molecule has 0 saturated heterocycles. The van der Waals surface area contributed by atoms with E-state index in [-0.39, 0.29) is 17.3 Å². The maximum atomic E-state index is 12.1. The standard InChI is InChI=1S/C9H11BrN6O2S/c1-16-5-13-8(15-16)4-14-19(17,18)7-2-6(10)3-12-9(7)11/h2-3,5,14H,4H2,1H3,(H2,11,12). The summed E-state index contributed by atoms with van der Waals surface area (Å²) < 4.78 is 28.5. The first-order valence-electron chi connectivity index (χ1n) is 5.14. The van der Waals surface area contributed by atoms with Gasteiger partial charge >= 0.3 is 0 Å². The topological polar surface area (TPSA) is 116 Å². The molecule has 3 N–H and O–H groups in total. The number of anilines is 1. The van der Waals surface area contributed by atoms with Gasteiger partial charge in [-0.1, -0.05) is 0 Å². The van der Waals surface area contributed by atoms with Crippen molar-refractivity contribution < 1.29 is 8.42 Å². The molecule has 0 radical (unpaired) electrons. The third-order valence-electron chi connectivity index (χ3n) is 2.21. The van der Waals surface area contributed by atoms with E-state index in [1.165, 1.54) is 23.3 Å². The van der Waals surface area contributed by atoms with Gasteiger partial charge in [-0.3, -0.25) is 4.68 Å². The zero-order valence-electron chi connectivity index (χ0n) is 9.91. The number of hydrogen-bond acceptors (Lipinski definition) is 6. The van der Waals surface area contributed by atoms with Gasteiger partial charge in [-0.15, -0.1) is 0 Å². The van der Waals surface area contributed by atoms with Gasteiger partial charge in [0.25, 0.3) is 0 Å². The fourth-order valence-electron chi connectivity index (χ4n) is 1.35. The third kappa shape index (κ3) is 3.28. The Bertz CT molecular complexity index is 698. The minimum absolute atomic E-state index is 0.0187. The molecule has 0 bridgehead atoms. The van der Waals surface area contributed by atoms with Crippen LogP contribution >= 0.6 is 15.9 Å². The molecule has 0 amide bonds. The van der Waals surface area contributed by atoms with Crippen LogP contribution in [-0.2, 0) is 23.6 Å². The molecule has 0 unspecified atom stereocenters. The fourth-order valence-corrected chi connectivity index (χ4v) is 2.92. The van der Waals surface area contributed by atoms with Crippen LogP contribution in [0.5, 0.6) is 0 Å². The first-order valence-corrected chi connectivity index (χ1v) is 7.41. The second-order valence-corrected chi connectivity index (χ2v) is 6.35. The number of aryl methyl sites for hydroxylation is 1. The van der Waals surface area contributed by atoms with Gasteiger partial charge in [0.2, 0.25) is 10.0 Å². The molecule has 0 saturated carbocycles. The van der Waals surface area contributed by atoms with Crippen LogP contribution in [0.4, 0.5) is 5.82 Å². The highest BCUT2D eigenvalue weighted by molar-refractivity contribution is 9.10. The lowest BCUT2D eigenvalue weighted by atomic mass is 10.5. The molecule has 2 aromatic heterocycles. The molecule has 0 aliphatic rings. The number of nitrogens with two attached hydrogens (primary N) is 1. The summed E-state index contributed by atoms with van der Waals surface area (Å²) in [6, 6.07) is 1.39. The molecule has 0 aromatic carbocycles. The SMILES string of the molecule is Cn1cnc(CNS(=O)(=O)c2cc(Br)cnc2N)n1. The van der Waals surface area contributed by atoms with Crippen molar-refractivity contribution in [3.05, 3.63) is 28.9 Å². The highest BCUT2D eigenvalue weighted by Gasteiger charge is 2.19. The van der Waals surface area contributed by atoms with Crippen molar-refractivity contribution in [3.63, 3.8) is 0 Å². The Hall–Kier alpha value is -1.52. The van der Waals surface area contributed by atoms with Crippen LogP contribution in [0.15, 0.2) is 28.0 Å². The van der Waals surface area contributed by atoms with Gasteiger partial charge in [0.05, 0.1) is 6.54 Å². The predicted molar refractivity (Wildman–Crippen MR) is 71.4 cm³/mol. The average Bonchev–Trinajstić information content (AvgIpc) is 2.76. The van der Waals surface area contributed by atoms with E-state index in [0.29, 0.717) is 10.3 Å². The van der Waals surface area contributed by atoms with E-state index in [2.05, 4.69) is 35.7 Å². The number of hydrogen-bond donors (Lipinski definition) is 2. The van der Waals surface area contributed by atoms with E-state index in [9.17, 15) is 8.42 Å². The monoisotopic (exact) mass is 346 g/mol. The minimum Gasteiger partial charge on any atom is -0.383 e. The van der Waals surface area contributed by atoms with Gasteiger partial charge in [-0.2, -0.15) is 5.10 Å². The molecule has 0 fully saturated rings. The summed E-state index contributed by atoms with van der Waals surface area (Å²) in [6.45, 7) is -0.0187. The van der Waals surface area contributed by atoms with Crippen LogP contribution in [-0.4, -0.2) is 28.2 Å². The maximum absolute atomic E-state index is 12.1. The Balaban J connectivity index is 2.20. The summed E-state index contributed by atoms with van der Waals surface area (Å²) in [5.41, 5.74) is 5.56. The fraction of sp³-hybridized carbons (Fsp3) is 0.222. The summed E-state index contributed by atoms with van der Waals surface area (Å²) in [6.07, 6.45) is 2.91. The van der Waals surface area contributed by atoms with Crippen LogP contribution in [0.3, 0.4) is 0 Å². The highest BCUT2D eigenvalue weighted by Crippen LogP contribution is 2.20. The molecule has 10 heteroatoms. The lowest BCUT2D eigenvalue weighted by Crippen LogP contribution is -2.25. The number of halogens is 1. The Kier molecular flexibility index (Phi) is 3.83. The zero-order valence-corrected chi connectivity index (χ0v) is 12.3. The largest absolute Gasteiger partial charge is 0.383 e. The Labute approximate surface area is 118 Å². The summed E-state index contributed by atoms with van der Waals surface area (Å²) in [5.74, 6) is 0.303. The van der Waals surface area contributed by atoms with Crippen LogP contribution in [0, 0.1) is 0 Å². The summed E-state index contributed by atoms with van der Waals surface area (Å²) in [4.78, 5) is 7.62. The van der Waals surface area contributed by atoms with Crippen LogP contribution in [0.1, 0.15) is 5.82 Å². The normalized spacial score (nSPS) is 11.7. The highest BCUT2D eigenvalue weighted by atomic mass is 79.9. The first kappa shape index (κ1) is 13.9.